The van der Waals surface area contributed by atoms with E-state index < -0.39 is 0 Å². The largest absolute Gasteiger partial charge is 0.496 e. The van der Waals surface area contributed by atoms with Gasteiger partial charge in [0.1, 0.15) is 19.0 Å². The van der Waals surface area contributed by atoms with Gasteiger partial charge >= 0.3 is 0 Å². The minimum Gasteiger partial charge on any atom is -0.496 e. The first-order chi connectivity index (χ1) is 14.2. The standard InChI is InChI=1S/C22H21N3O4/c1-27-19-5-3-2-4-15(19)13-24-22(26)16-10-18(14-23-12-16)25-17-6-7-20-21(11-17)29-9-8-28-20/h2-7,10-12,14,25H,8-9,13H2,1H3,(H,24,26). The number of amides is 1. The molecule has 29 heavy (non-hydrogen) atoms. The van der Waals surface area contributed by atoms with E-state index >= 15 is 0 Å². The Bertz CT molecular complexity index is 1020. The highest BCUT2D eigenvalue weighted by Crippen LogP contribution is 2.33. The Morgan fingerprint density at radius 1 is 1.03 bits per heavy atom. The molecule has 0 saturated heterocycles. The summed E-state index contributed by atoms with van der Waals surface area (Å²) in [6, 6.07) is 14.9. The molecule has 1 aromatic heterocycles. The zero-order valence-electron chi connectivity index (χ0n) is 16.0. The summed E-state index contributed by atoms with van der Waals surface area (Å²) in [6.45, 7) is 1.44. The lowest BCUT2D eigenvalue weighted by Crippen LogP contribution is -2.23. The first-order valence-corrected chi connectivity index (χ1v) is 9.25. The Morgan fingerprint density at radius 2 is 1.86 bits per heavy atom. The van der Waals surface area contributed by atoms with Crippen LogP contribution in [0, 0.1) is 0 Å². The number of carbonyl (C=O) groups is 1. The van der Waals surface area contributed by atoms with Crippen LogP contribution in [-0.4, -0.2) is 31.2 Å². The second-order valence-electron chi connectivity index (χ2n) is 6.44. The molecule has 148 valence electrons. The van der Waals surface area contributed by atoms with Gasteiger partial charge in [0.05, 0.1) is 24.6 Å². The summed E-state index contributed by atoms with van der Waals surface area (Å²) in [7, 11) is 1.61. The molecule has 7 heteroatoms. The molecular weight excluding hydrogens is 370 g/mol. The van der Waals surface area contributed by atoms with Gasteiger partial charge in [-0.05, 0) is 24.3 Å². The number of benzene rings is 2. The number of rotatable bonds is 6. The number of hydrogen-bond donors (Lipinski definition) is 2. The van der Waals surface area contributed by atoms with Gasteiger partial charge in [-0.1, -0.05) is 18.2 Å². The van der Waals surface area contributed by atoms with Crippen molar-refractivity contribution in [1.29, 1.82) is 0 Å². The number of nitrogens with one attached hydrogen (secondary N) is 2. The minimum absolute atomic E-state index is 0.214. The van der Waals surface area contributed by atoms with Gasteiger partial charge in [0.25, 0.3) is 5.91 Å². The molecule has 0 unspecified atom stereocenters. The van der Waals surface area contributed by atoms with Crippen LogP contribution in [-0.2, 0) is 6.54 Å². The summed E-state index contributed by atoms with van der Waals surface area (Å²) >= 11 is 0. The van der Waals surface area contributed by atoms with Crippen LogP contribution in [0.15, 0.2) is 60.9 Å². The monoisotopic (exact) mass is 391 g/mol. The van der Waals surface area contributed by atoms with Crippen molar-refractivity contribution in [3.8, 4) is 17.2 Å². The van der Waals surface area contributed by atoms with Crippen molar-refractivity contribution in [1.82, 2.24) is 10.3 Å². The van der Waals surface area contributed by atoms with Crippen LogP contribution in [0.3, 0.4) is 0 Å². The molecule has 0 spiro atoms. The fourth-order valence-corrected chi connectivity index (χ4v) is 3.05. The Kier molecular flexibility index (Phi) is 5.47. The summed E-state index contributed by atoms with van der Waals surface area (Å²) < 4.78 is 16.4. The van der Waals surface area contributed by atoms with Gasteiger partial charge in [-0.25, -0.2) is 0 Å². The minimum atomic E-state index is -0.214. The Labute approximate surface area is 168 Å². The number of hydrogen-bond acceptors (Lipinski definition) is 6. The lowest BCUT2D eigenvalue weighted by atomic mass is 10.2. The van der Waals surface area contributed by atoms with Crippen LogP contribution in [0.1, 0.15) is 15.9 Å². The number of pyridine rings is 1. The molecule has 4 rings (SSSR count). The summed E-state index contributed by atoms with van der Waals surface area (Å²) in [4.78, 5) is 16.7. The molecule has 3 aromatic rings. The predicted molar refractivity (Wildman–Crippen MR) is 109 cm³/mol. The fraction of sp³-hybridized carbons (Fsp3) is 0.182. The van der Waals surface area contributed by atoms with Crippen molar-refractivity contribution in [3.63, 3.8) is 0 Å². The van der Waals surface area contributed by atoms with E-state index in [-0.39, 0.29) is 5.91 Å². The van der Waals surface area contributed by atoms with Crippen molar-refractivity contribution in [3.05, 3.63) is 72.1 Å². The molecule has 1 amide bonds. The fourth-order valence-electron chi connectivity index (χ4n) is 3.05. The Morgan fingerprint density at radius 3 is 2.72 bits per heavy atom. The van der Waals surface area contributed by atoms with Gasteiger partial charge in [0, 0.05) is 30.1 Å². The van der Waals surface area contributed by atoms with E-state index in [2.05, 4.69) is 15.6 Å². The lowest BCUT2D eigenvalue weighted by molar-refractivity contribution is 0.0950. The molecular formula is C22H21N3O4. The molecule has 0 saturated carbocycles. The van der Waals surface area contributed by atoms with Crippen LogP contribution in [0.4, 0.5) is 11.4 Å². The zero-order valence-corrected chi connectivity index (χ0v) is 16.0. The average Bonchev–Trinajstić information content (AvgIpc) is 2.77. The van der Waals surface area contributed by atoms with E-state index in [1.54, 1.807) is 19.4 Å². The maximum absolute atomic E-state index is 12.6. The van der Waals surface area contributed by atoms with Crippen LogP contribution in [0.2, 0.25) is 0 Å². The van der Waals surface area contributed by atoms with Crippen LogP contribution in [0.25, 0.3) is 0 Å². The van der Waals surface area contributed by atoms with Gasteiger partial charge in [-0.15, -0.1) is 0 Å². The maximum Gasteiger partial charge on any atom is 0.253 e. The third-order valence-electron chi connectivity index (χ3n) is 4.46. The van der Waals surface area contributed by atoms with E-state index in [0.717, 1.165) is 22.7 Å². The number of anilines is 2. The third kappa shape index (κ3) is 4.40. The van der Waals surface area contributed by atoms with Crippen LogP contribution in [0.5, 0.6) is 17.2 Å². The van der Waals surface area contributed by atoms with Gasteiger partial charge in [0.2, 0.25) is 0 Å². The number of para-hydroxylation sites is 1. The average molecular weight is 391 g/mol. The number of aromatic nitrogens is 1. The molecule has 2 aromatic carbocycles. The number of fused-ring (bicyclic) bond motifs is 1. The molecule has 1 aliphatic rings. The van der Waals surface area contributed by atoms with Gasteiger partial charge in [-0.3, -0.25) is 9.78 Å². The van der Waals surface area contributed by atoms with Crippen molar-refractivity contribution in [2.75, 3.05) is 25.6 Å². The lowest BCUT2D eigenvalue weighted by Gasteiger charge is -2.19. The van der Waals surface area contributed by atoms with Crippen molar-refractivity contribution >= 4 is 17.3 Å². The molecule has 0 radical (unpaired) electrons. The van der Waals surface area contributed by atoms with E-state index in [1.807, 2.05) is 42.5 Å². The number of methoxy groups -OCH3 is 1. The summed E-state index contributed by atoms with van der Waals surface area (Å²) in [6.07, 6.45) is 3.19. The van der Waals surface area contributed by atoms with Crippen LogP contribution >= 0.6 is 0 Å². The number of carbonyl (C=O) groups excluding carboxylic acids is 1. The van der Waals surface area contributed by atoms with Gasteiger partial charge in [-0.2, -0.15) is 0 Å². The van der Waals surface area contributed by atoms with E-state index in [1.165, 1.54) is 6.20 Å². The number of ether oxygens (including phenoxy) is 3. The second-order valence-corrected chi connectivity index (χ2v) is 6.44. The smallest absolute Gasteiger partial charge is 0.253 e. The van der Waals surface area contributed by atoms with Crippen LogP contribution < -0.4 is 24.8 Å². The summed E-state index contributed by atoms with van der Waals surface area (Å²) in [5.74, 6) is 1.94. The summed E-state index contributed by atoms with van der Waals surface area (Å²) in [5, 5.41) is 6.14. The Balaban J connectivity index is 1.43. The first kappa shape index (κ1) is 18.6. The molecule has 0 aliphatic carbocycles. The van der Waals surface area contributed by atoms with E-state index in [4.69, 9.17) is 14.2 Å². The van der Waals surface area contributed by atoms with Crippen molar-refractivity contribution in [2.24, 2.45) is 0 Å². The second kappa shape index (κ2) is 8.52. The highest BCUT2D eigenvalue weighted by Gasteiger charge is 2.13. The highest BCUT2D eigenvalue weighted by molar-refractivity contribution is 5.94. The van der Waals surface area contributed by atoms with Gasteiger partial charge < -0.3 is 24.8 Å². The zero-order chi connectivity index (χ0) is 20.1. The van der Waals surface area contributed by atoms with E-state index in [0.29, 0.717) is 36.8 Å². The molecule has 2 heterocycles. The Hall–Kier alpha value is -3.74. The topological polar surface area (TPSA) is 81.7 Å². The van der Waals surface area contributed by atoms with E-state index in [9.17, 15) is 4.79 Å². The molecule has 1 aliphatic heterocycles. The quantitative estimate of drug-likeness (QED) is 0.669. The first-order valence-electron chi connectivity index (χ1n) is 9.25. The molecule has 0 atom stereocenters. The normalized spacial score (nSPS) is 12.2. The molecule has 2 N–H and O–H groups in total. The molecule has 0 fully saturated rings. The van der Waals surface area contributed by atoms with Crippen molar-refractivity contribution < 1.29 is 19.0 Å². The molecule has 7 nitrogen and oxygen atoms in total. The highest BCUT2D eigenvalue weighted by atomic mass is 16.6. The molecule has 0 bridgehead atoms. The SMILES string of the molecule is COc1ccccc1CNC(=O)c1cncc(Nc2ccc3c(c2)OCCO3)c1. The number of nitrogens with zero attached hydrogens (tertiary/aromatic N) is 1. The summed E-state index contributed by atoms with van der Waals surface area (Å²) in [5.41, 5.74) is 2.89. The predicted octanol–water partition coefficient (Wildman–Crippen LogP) is 3.54. The van der Waals surface area contributed by atoms with Crippen molar-refractivity contribution in [2.45, 2.75) is 6.54 Å². The van der Waals surface area contributed by atoms with Gasteiger partial charge in [0.15, 0.2) is 11.5 Å². The third-order valence-corrected chi connectivity index (χ3v) is 4.46. The maximum atomic E-state index is 12.6.